The van der Waals surface area contributed by atoms with Gasteiger partial charge in [0, 0.05) is 44.6 Å². The Morgan fingerprint density at radius 2 is 1.78 bits per heavy atom. The minimum Gasteiger partial charge on any atom is -0.352 e. The Hall–Kier alpha value is -3.48. The molecule has 0 N–H and O–H groups in total. The summed E-state index contributed by atoms with van der Waals surface area (Å²) in [5.74, 6) is 2.70. The van der Waals surface area contributed by atoms with Crippen molar-refractivity contribution in [3.8, 4) is 11.3 Å². The summed E-state index contributed by atoms with van der Waals surface area (Å²) in [7, 11) is 0. The van der Waals surface area contributed by atoms with E-state index in [0.29, 0.717) is 31.1 Å². The topological polar surface area (TPSA) is 75.4 Å². The molecule has 0 atom stereocenters. The molecular weight excluding hydrogens is 462 g/mol. The summed E-state index contributed by atoms with van der Waals surface area (Å²) < 4.78 is 5.78. The van der Waals surface area contributed by atoms with Crippen LogP contribution in [0.15, 0.2) is 47.0 Å². The lowest BCUT2D eigenvalue weighted by Gasteiger charge is -2.36. The van der Waals surface area contributed by atoms with Gasteiger partial charge < -0.3 is 14.3 Å². The first-order chi connectivity index (χ1) is 18.2. The van der Waals surface area contributed by atoms with Crippen LogP contribution >= 0.6 is 0 Å². The molecule has 2 fully saturated rings. The van der Waals surface area contributed by atoms with Gasteiger partial charge in [0.25, 0.3) is 5.71 Å². The first kappa shape index (κ1) is 23.9. The molecule has 0 bridgehead atoms. The number of carbonyl (C=O) groups excluding carboxylic acids is 1. The first-order valence-electron chi connectivity index (χ1n) is 13.9. The number of hydrogen-bond donors (Lipinski definition) is 0. The lowest BCUT2D eigenvalue weighted by atomic mass is 10.0. The number of rotatable bonds is 7. The van der Waals surface area contributed by atoms with Crippen molar-refractivity contribution in [1.29, 1.82) is 0 Å². The molecule has 0 spiro atoms. The Morgan fingerprint density at radius 3 is 2.57 bits per heavy atom. The molecule has 3 heterocycles. The fourth-order valence-corrected chi connectivity index (χ4v) is 5.93. The summed E-state index contributed by atoms with van der Waals surface area (Å²) in [6.07, 6.45) is 8.72. The van der Waals surface area contributed by atoms with E-state index in [1.54, 1.807) is 0 Å². The van der Waals surface area contributed by atoms with E-state index in [9.17, 15) is 4.79 Å². The molecule has 4 aromatic rings. The molecule has 7 nitrogen and oxygen atoms in total. The summed E-state index contributed by atoms with van der Waals surface area (Å²) in [5.41, 5.74) is 2.30. The Labute approximate surface area is 217 Å². The number of fused-ring (bicyclic) bond motifs is 2. The van der Waals surface area contributed by atoms with Crippen LogP contribution < -0.4 is 4.90 Å². The molecule has 0 unspecified atom stereocenters. The number of amides is 1. The van der Waals surface area contributed by atoms with E-state index in [1.165, 1.54) is 31.1 Å². The fourth-order valence-electron chi connectivity index (χ4n) is 5.93. The molecule has 1 saturated carbocycles. The lowest BCUT2D eigenvalue weighted by molar-refractivity contribution is -0.131. The van der Waals surface area contributed by atoms with Crippen LogP contribution in [0.2, 0.25) is 0 Å². The van der Waals surface area contributed by atoms with E-state index in [0.717, 1.165) is 71.9 Å². The van der Waals surface area contributed by atoms with Gasteiger partial charge >= 0.3 is 0 Å². The molecule has 7 heteroatoms. The molecule has 1 aliphatic heterocycles. The van der Waals surface area contributed by atoms with Crippen molar-refractivity contribution in [2.75, 3.05) is 31.1 Å². The van der Waals surface area contributed by atoms with Crippen LogP contribution in [-0.2, 0) is 11.2 Å². The highest BCUT2D eigenvalue weighted by molar-refractivity contribution is 6.00. The minimum absolute atomic E-state index is 0.299. The minimum atomic E-state index is 0.299. The largest absolute Gasteiger partial charge is 0.352 e. The number of anilines is 1. The van der Waals surface area contributed by atoms with Gasteiger partial charge in [-0.15, -0.1) is 0 Å². The third kappa shape index (κ3) is 4.91. The quantitative estimate of drug-likeness (QED) is 0.311. The number of hydrogen-bond acceptors (Lipinski definition) is 6. The van der Waals surface area contributed by atoms with Crippen LogP contribution in [0.1, 0.15) is 57.7 Å². The maximum absolute atomic E-state index is 12.9. The highest BCUT2D eigenvalue weighted by atomic mass is 16.5. The molecule has 2 aromatic heterocycles. The summed E-state index contributed by atoms with van der Waals surface area (Å²) in [5, 5.41) is 7.67. The fraction of sp³-hybridized carbons (Fsp3) is 0.467. The summed E-state index contributed by atoms with van der Waals surface area (Å²) in [6, 6.07) is 14.7. The van der Waals surface area contributed by atoms with Gasteiger partial charge in [-0.2, -0.15) is 4.98 Å². The number of carbonyl (C=O) groups is 1. The second-order valence-corrected chi connectivity index (χ2v) is 10.5. The van der Waals surface area contributed by atoms with E-state index < -0.39 is 0 Å². The average Bonchev–Trinajstić information content (AvgIpc) is 3.62. The molecule has 2 aromatic carbocycles. The van der Waals surface area contributed by atoms with Crippen LogP contribution in [0.4, 0.5) is 5.82 Å². The standard InChI is InChI=1S/C30H35N5O2/c1-2-7-25-31-29(35-18-16-34(17-19-35)26(36)15-12-21-8-3-4-9-21)27-28(33-37-30(27)32-25)24-14-13-22-10-5-6-11-23(22)20-24/h5-6,10-11,13-14,20-21H,2-4,7-9,12,15-19H2,1H3. The van der Waals surface area contributed by atoms with Crippen molar-refractivity contribution >= 4 is 33.6 Å². The number of nitrogens with zero attached hydrogens (tertiary/aromatic N) is 5. The zero-order valence-electron chi connectivity index (χ0n) is 21.7. The molecular formula is C30H35N5O2. The zero-order valence-corrected chi connectivity index (χ0v) is 21.7. The Kier molecular flexibility index (Phi) is 6.77. The van der Waals surface area contributed by atoms with E-state index in [4.69, 9.17) is 14.5 Å². The smallest absolute Gasteiger partial charge is 0.263 e. The zero-order chi connectivity index (χ0) is 25.2. The van der Waals surface area contributed by atoms with Crippen molar-refractivity contribution in [2.24, 2.45) is 5.92 Å². The van der Waals surface area contributed by atoms with Gasteiger partial charge in [0.1, 0.15) is 22.7 Å². The third-order valence-electron chi connectivity index (χ3n) is 8.03. The van der Waals surface area contributed by atoms with Gasteiger partial charge in [0.2, 0.25) is 5.91 Å². The highest BCUT2D eigenvalue weighted by Crippen LogP contribution is 2.35. The van der Waals surface area contributed by atoms with Gasteiger partial charge in [-0.25, -0.2) is 4.98 Å². The molecule has 0 radical (unpaired) electrons. The van der Waals surface area contributed by atoms with Gasteiger partial charge in [-0.1, -0.05) is 74.2 Å². The highest BCUT2D eigenvalue weighted by Gasteiger charge is 2.27. The number of benzene rings is 2. The van der Waals surface area contributed by atoms with Crippen LogP contribution in [0.25, 0.3) is 33.1 Å². The van der Waals surface area contributed by atoms with Crippen LogP contribution in [0.5, 0.6) is 0 Å². The van der Waals surface area contributed by atoms with Crippen molar-refractivity contribution in [3.63, 3.8) is 0 Å². The van der Waals surface area contributed by atoms with E-state index >= 15 is 0 Å². The van der Waals surface area contributed by atoms with Crippen LogP contribution in [0.3, 0.4) is 0 Å². The second-order valence-electron chi connectivity index (χ2n) is 10.5. The van der Waals surface area contributed by atoms with Gasteiger partial charge in [-0.3, -0.25) is 4.79 Å². The predicted octanol–water partition coefficient (Wildman–Crippen LogP) is 6.01. The first-order valence-corrected chi connectivity index (χ1v) is 13.9. The van der Waals surface area contributed by atoms with Crippen molar-refractivity contribution in [3.05, 3.63) is 48.3 Å². The summed E-state index contributed by atoms with van der Waals surface area (Å²) in [6.45, 7) is 5.05. The summed E-state index contributed by atoms with van der Waals surface area (Å²) in [4.78, 5) is 26.9. The third-order valence-corrected chi connectivity index (χ3v) is 8.03. The van der Waals surface area contributed by atoms with Gasteiger partial charge in [0.15, 0.2) is 0 Å². The molecule has 192 valence electrons. The van der Waals surface area contributed by atoms with E-state index in [2.05, 4.69) is 47.3 Å². The Balaban J connectivity index is 1.27. The molecule has 1 saturated heterocycles. The maximum atomic E-state index is 12.9. The molecule has 37 heavy (non-hydrogen) atoms. The van der Waals surface area contributed by atoms with Crippen LogP contribution in [-0.4, -0.2) is 52.1 Å². The summed E-state index contributed by atoms with van der Waals surface area (Å²) >= 11 is 0. The average molecular weight is 498 g/mol. The number of aromatic nitrogens is 3. The molecule has 1 aliphatic carbocycles. The second kappa shape index (κ2) is 10.5. The number of piperazine rings is 1. The maximum Gasteiger partial charge on any atom is 0.263 e. The monoisotopic (exact) mass is 497 g/mol. The SMILES string of the molecule is CCCc1nc(N2CCN(C(=O)CCC3CCCC3)CC2)c2c(-c3ccc4ccccc4c3)noc2n1. The normalized spacial score (nSPS) is 16.8. The Morgan fingerprint density at radius 1 is 1.00 bits per heavy atom. The van der Waals surface area contributed by atoms with Crippen LogP contribution in [0, 0.1) is 5.92 Å². The van der Waals surface area contributed by atoms with Crippen molar-refractivity contribution in [1.82, 2.24) is 20.0 Å². The number of aryl methyl sites for hydroxylation is 1. The molecule has 6 rings (SSSR count). The van der Waals surface area contributed by atoms with E-state index in [-0.39, 0.29) is 0 Å². The molecule has 2 aliphatic rings. The van der Waals surface area contributed by atoms with Gasteiger partial charge in [-0.05, 0) is 35.6 Å². The Bertz CT molecular complexity index is 1400. The van der Waals surface area contributed by atoms with Gasteiger partial charge in [0.05, 0.1) is 0 Å². The predicted molar refractivity (Wildman–Crippen MR) is 147 cm³/mol. The van der Waals surface area contributed by atoms with E-state index in [1.807, 2.05) is 17.0 Å². The molecule has 1 amide bonds. The van der Waals surface area contributed by atoms with Crippen molar-refractivity contribution in [2.45, 2.75) is 58.3 Å². The lowest BCUT2D eigenvalue weighted by Crippen LogP contribution is -2.49. The van der Waals surface area contributed by atoms with Crippen molar-refractivity contribution < 1.29 is 9.32 Å².